The minimum absolute atomic E-state index is 0. The van der Waals surface area contributed by atoms with Gasteiger partial charge in [0.2, 0.25) is 0 Å². The van der Waals surface area contributed by atoms with Gasteiger partial charge in [0.25, 0.3) is 0 Å². The van der Waals surface area contributed by atoms with E-state index in [1.807, 2.05) is 24.3 Å². The van der Waals surface area contributed by atoms with Crippen molar-refractivity contribution in [1.29, 1.82) is 0 Å². The van der Waals surface area contributed by atoms with Crippen LogP contribution in [0.2, 0.25) is 5.02 Å². The summed E-state index contributed by atoms with van der Waals surface area (Å²) in [6.45, 7) is 7.50. The summed E-state index contributed by atoms with van der Waals surface area (Å²) in [4.78, 5) is 7.52. The van der Waals surface area contributed by atoms with Gasteiger partial charge in [-0.15, -0.1) is 0 Å². The quantitative estimate of drug-likeness (QED) is 0.605. The number of quaternary nitrogens is 1. The summed E-state index contributed by atoms with van der Waals surface area (Å²) >= 11 is 5.95. The molecule has 1 aromatic carbocycles. The summed E-state index contributed by atoms with van der Waals surface area (Å²) in [5.41, 5.74) is 1.92. The van der Waals surface area contributed by atoms with Gasteiger partial charge in [-0.3, -0.25) is 4.48 Å². The molecule has 0 N–H and O–H groups in total. The molecule has 6 rings (SSSR count). The van der Waals surface area contributed by atoms with Gasteiger partial charge in [0.05, 0.1) is 20.0 Å². The highest BCUT2D eigenvalue weighted by Gasteiger charge is 2.48. The lowest BCUT2D eigenvalue weighted by Gasteiger charge is -2.60. The lowest BCUT2D eigenvalue weighted by Crippen LogP contribution is -3.00. The van der Waals surface area contributed by atoms with E-state index in [1.165, 1.54) is 0 Å². The molecule has 0 amide bonds. The maximum absolute atomic E-state index is 5.95. The SMILES string of the molecule is Clc1ccc(-c2cc(C[N+]34CN5CN(CN(C5)C3)C4)on2)cc1.[Br-]. The fourth-order valence-corrected chi connectivity index (χ4v) is 4.41. The molecule has 8 heteroatoms. The predicted molar refractivity (Wildman–Crippen MR) is 85.6 cm³/mol. The van der Waals surface area contributed by atoms with Crippen molar-refractivity contribution < 1.29 is 26.0 Å². The third kappa shape index (κ3) is 2.89. The number of hydrogen-bond acceptors (Lipinski definition) is 5. The van der Waals surface area contributed by atoms with Gasteiger partial charge in [0.15, 0.2) is 5.76 Å². The van der Waals surface area contributed by atoms with Crippen LogP contribution < -0.4 is 17.0 Å². The smallest absolute Gasteiger partial charge is 0.191 e. The molecule has 2 aromatic rings. The molecule has 0 aliphatic carbocycles. The van der Waals surface area contributed by atoms with Crippen molar-refractivity contribution in [2.24, 2.45) is 0 Å². The van der Waals surface area contributed by atoms with E-state index in [0.29, 0.717) is 0 Å². The van der Waals surface area contributed by atoms with E-state index in [9.17, 15) is 0 Å². The monoisotopic (exact) mass is 411 g/mol. The Balaban J connectivity index is 0.00000146. The van der Waals surface area contributed by atoms with Crippen LogP contribution in [0.3, 0.4) is 0 Å². The van der Waals surface area contributed by atoms with Crippen molar-refractivity contribution in [3.63, 3.8) is 0 Å². The molecule has 0 unspecified atom stereocenters. The molecule has 4 aliphatic rings. The Morgan fingerprint density at radius 2 is 1.58 bits per heavy atom. The Labute approximate surface area is 156 Å². The Morgan fingerprint density at radius 3 is 2.17 bits per heavy atom. The van der Waals surface area contributed by atoms with Gasteiger partial charge >= 0.3 is 0 Å². The van der Waals surface area contributed by atoms with Crippen molar-refractivity contribution in [3.05, 3.63) is 41.1 Å². The van der Waals surface area contributed by atoms with Gasteiger partial charge in [-0.05, 0) is 12.1 Å². The molecule has 0 radical (unpaired) electrons. The lowest BCUT2D eigenvalue weighted by molar-refractivity contribution is -0.992. The molecule has 0 spiro atoms. The maximum atomic E-state index is 5.95. The zero-order chi connectivity index (χ0) is 15.4. The minimum Gasteiger partial charge on any atom is -1.00 e. The van der Waals surface area contributed by atoms with Crippen molar-refractivity contribution >= 4 is 11.6 Å². The summed E-state index contributed by atoms with van der Waals surface area (Å²) in [5.74, 6) is 0.959. The van der Waals surface area contributed by atoms with Crippen LogP contribution in [0.25, 0.3) is 11.3 Å². The summed E-state index contributed by atoms with van der Waals surface area (Å²) in [7, 11) is 0. The highest BCUT2D eigenvalue weighted by Crippen LogP contribution is 2.31. The third-order valence-corrected chi connectivity index (χ3v) is 5.14. The number of nitrogens with zero attached hydrogens (tertiary/aromatic N) is 5. The largest absolute Gasteiger partial charge is 1.00 e. The first-order valence-corrected chi connectivity index (χ1v) is 8.29. The normalized spacial score (nSPS) is 33.5. The van der Waals surface area contributed by atoms with Gasteiger partial charge < -0.3 is 21.5 Å². The van der Waals surface area contributed by atoms with E-state index < -0.39 is 0 Å². The van der Waals surface area contributed by atoms with Crippen LogP contribution >= 0.6 is 11.6 Å². The topological polar surface area (TPSA) is 35.8 Å². The van der Waals surface area contributed by atoms with Crippen LogP contribution in [0.5, 0.6) is 0 Å². The number of rotatable bonds is 3. The fraction of sp³-hybridized carbons (Fsp3) is 0.438. The molecule has 4 bridgehead atoms. The Bertz CT molecular complexity index is 699. The van der Waals surface area contributed by atoms with Crippen LogP contribution in [0.1, 0.15) is 5.76 Å². The zero-order valence-corrected chi connectivity index (χ0v) is 15.6. The highest BCUT2D eigenvalue weighted by atomic mass is 79.9. The first-order chi connectivity index (χ1) is 11.2. The lowest BCUT2D eigenvalue weighted by atomic mass is 10.1. The van der Waals surface area contributed by atoms with E-state index >= 15 is 0 Å². The average molecular weight is 413 g/mol. The zero-order valence-electron chi connectivity index (χ0n) is 13.2. The first-order valence-electron chi connectivity index (χ1n) is 7.91. The average Bonchev–Trinajstić information content (AvgIpc) is 2.94. The third-order valence-electron chi connectivity index (χ3n) is 4.89. The molecule has 6 nitrogen and oxygen atoms in total. The van der Waals surface area contributed by atoms with E-state index in [4.69, 9.17) is 16.1 Å². The van der Waals surface area contributed by atoms with E-state index in [2.05, 4.69) is 25.9 Å². The first kappa shape index (κ1) is 16.5. The van der Waals surface area contributed by atoms with Gasteiger partial charge in [0.1, 0.15) is 32.2 Å². The molecule has 4 saturated heterocycles. The van der Waals surface area contributed by atoms with Gasteiger partial charge in [-0.1, -0.05) is 28.9 Å². The second kappa shape index (κ2) is 6.09. The fourth-order valence-electron chi connectivity index (χ4n) is 4.28. The van der Waals surface area contributed by atoms with E-state index in [1.54, 1.807) is 0 Å². The molecule has 24 heavy (non-hydrogen) atoms. The molecule has 0 atom stereocenters. The van der Waals surface area contributed by atoms with Crippen molar-refractivity contribution in [2.45, 2.75) is 6.54 Å². The van der Waals surface area contributed by atoms with Crippen LogP contribution in [0, 0.1) is 0 Å². The molecule has 5 heterocycles. The number of aromatic nitrogens is 1. The Hall–Kier alpha value is -0.960. The molecule has 128 valence electrons. The Kier molecular flexibility index (Phi) is 4.19. The molecular formula is C16H19BrClN5O. The van der Waals surface area contributed by atoms with Gasteiger partial charge in [-0.2, -0.15) is 0 Å². The maximum Gasteiger partial charge on any atom is 0.191 e. The number of benzene rings is 1. The minimum atomic E-state index is 0. The summed E-state index contributed by atoms with van der Waals surface area (Å²) < 4.78 is 6.66. The summed E-state index contributed by atoms with van der Waals surface area (Å²) in [6.07, 6.45) is 0. The molecule has 4 fully saturated rings. The van der Waals surface area contributed by atoms with Crippen molar-refractivity contribution in [3.8, 4) is 11.3 Å². The van der Waals surface area contributed by atoms with E-state index in [-0.39, 0.29) is 17.0 Å². The van der Waals surface area contributed by atoms with Crippen molar-refractivity contribution in [2.75, 3.05) is 40.0 Å². The highest BCUT2D eigenvalue weighted by molar-refractivity contribution is 6.30. The predicted octanol–water partition coefficient (Wildman–Crippen LogP) is -0.992. The Morgan fingerprint density at radius 1 is 1.00 bits per heavy atom. The summed E-state index contributed by atoms with van der Waals surface area (Å²) in [5, 5.41) is 4.98. The van der Waals surface area contributed by atoms with Crippen LogP contribution in [0.15, 0.2) is 34.9 Å². The van der Waals surface area contributed by atoms with Crippen LogP contribution in [-0.4, -0.2) is 64.4 Å². The van der Waals surface area contributed by atoms with Crippen molar-refractivity contribution in [1.82, 2.24) is 19.9 Å². The van der Waals surface area contributed by atoms with Gasteiger partial charge in [0, 0.05) is 16.7 Å². The van der Waals surface area contributed by atoms with Gasteiger partial charge in [-0.25, -0.2) is 14.7 Å². The molecule has 4 aliphatic heterocycles. The molecule has 1 aromatic heterocycles. The molecule has 0 saturated carbocycles. The molecular weight excluding hydrogens is 394 g/mol. The summed E-state index contributed by atoms with van der Waals surface area (Å²) in [6, 6.07) is 9.79. The van der Waals surface area contributed by atoms with Crippen LogP contribution in [-0.2, 0) is 6.54 Å². The van der Waals surface area contributed by atoms with E-state index in [0.717, 1.165) is 73.1 Å². The van der Waals surface area contributed by atoms with Crippen LogP contribution in [0.4, 0.5) is 0 Å². The standard InChI is InChI=1S/C16H19ClN5O.BrH/c17-14-3-1-13(2-4-14)16-5-15(23-18-16)6-22-10-19-7-20(11-22)9-21(8-19)12-22;/h1-5H,6-12H2;1H/q+1;/p-1. The second-order valence-corrected chi connectivity index (χ2v) is 7.48. The number of hydrogen-bond donors (Lipinski definition) is 0. The number of halogens is 2. The second-order valence-electron chi connectivity index (χ2n) is 7.05.